The first-order valence-corrected chi connectivity index (χ1v) is 9.09. The highest BCUT2D eigenvalue weighted by atomic mass is 127. The quantitative estimate of drug-likeness (QED) is 0.495. The van der Waals surface area contributed by atoms with E-state index in [2.05, 4.69) is 76.0 Å². The number of rotatable bonds is 3. The van der Waals surface area contributed by atoms with Gasteiger partial charge in [0.25, 0.3) is 0 Å². The lowest BCUT2D eigenvalue weighted by atomic mass is 10.1. The fourth-order valence-corrected chi connectivity index (χ4v) is 3.17. The lowest BCUT2D eigenvalue weighted by molar-refractivity contribution is -0.111. The third kappa shape index (κ3) is 3.96. The molecule has 0 bridgehead atoms. The molecule has 1 aliphatic rings. The molecule has 0 N–H and O–H groups in total. The minimum Gasteiger partial charge on any atom is -0.378 e. The predicted molar refractivity (Wildman–Crippen MR) is 110 cm³/mol. The lowest BCUT2D eigenvalue weighted by Gasteiger charge is -2.11. The summed E-state index contributed by atoms with van der Waals surface area (Å²) in [4.78, 5) is 14.7. The minimum atomic E-state index is 0.185. The molecule has 2 aromatic carbocycles. The summed E-state index contributed by atoms with van der Waals surface area (Å²) < 4.78 is 1.20. The number of ketones is 1. The van der Waals surface area contributed by atoms with Gasteiger partial charge in [-0.25, -0.2) is 0 Å². The largest absolute Gasteiger partial charge is 0.378 e. The Labute approximate surface area is 157 Å². The number of allylic oxidation sites excluding steroid dienone is 2. The fourth-order valence-electron chi connectivity index (χ4n) is 2.81. The predicted octanol–water partition coefficient (Wildman–Crippen LogP) is 5.19. The Balaban J connectivity index is 1.79. The molecule has 2 nitrogen and oxygen atoms in total. The molecule has 0 saturated heterocycles. The first kappa shape index (κ1) is 17.0. The zero-order chi connectivity index (χ0) is 17.1. The molecule has 0 aromatic heterocycles. The van der Waals surface area contributed by atoms with Crippen LogP contribution in [0.15, 0.2) is 59.7 Å². The smallest absolute Gasteiger partial charge is 0.185 e. The molecular weight excluding hydrogens is 409 g/mol. The summed E-state index contributed by atoms with van der Waals surface area (Å²) in [5.41, 5.74) is 5.15. The van der Waals surface area contributed by atoms with Crippen LogP contribution in [0.3, 0.4) is 0 Å². The molecule has 0 amide bonds. The molecule has 2 aromatic rings. The number of halogens is 1. The Morgan fingerprint density at radius 1 is 0.833 bits per heavy atom. The zero-order valence-electron chi connectivity index (χ0n) is 13.9. The SMILES string of the molecule is CN(C)c1ccc(C=C2CCC(=Cc3ccc(I)cc3)C2=O)cc1. The monoisotopic (exact) mass is 429 g/mol. The van der Waals surface area contributed by atoms with E-state index in [1.807, 2.05) is 26.2 Å². The highest BCUT2D eigenvalue weighted by Crippen LogP contribution is 2.29. The first-order chi connectivity index (χ1) is 11.5. The normalized spacial score (nSPS) is 17.7. The number of hydrogen-bond donors (Lipinski definition) is 0. The molecule has 0 radical (unpaired) electrons. The van der Waals surface area contributed by atoms with Crippen molar-refractivity contribution in [3.63, 3.8) is 0 Å². The number of hydrogen-bond acceptors (Lipinski definition) is 2. The highest BCUT2D eigenvalue weighted by molar-refractivity contribution is 14.1. The second-order valence-electron chi connectivity index (χ2n) is 6.21. The van der Waals surface area contributed by atoms with Gasteiger partial charge in [0.05, 0.1) is 0 Å². The summed E-state index contributed by atoms with van der Waals surface area (Å²) in [7, 11) is 4.05. The molecule has 0 heterocycles. The maximum Gasteiger partial charge on any atom is 0.185 e. The molecule has 1 saturated carbocycles. The van der Waals surface area contributed by atoms with Crippen LogP contribution in [0.4, 0.5) is 5.69 Å². The van der Waals surface area contributed by atoms with Gasteiger partial charge in [-0.15, -0.1) is 0 Å². The Hall–Kier alpha value is -1.88. The molecule has 0 spiro atoms. The highest BCUT2D eigenvalue weighted by Gasteiger charge is 2.22. The van der Waals surface area contributed by atoms with Gasteiger partial charge in [0.15, 0.2) is 5.78 Å². The van der Waals surface area contributed by atoms with Crippen LogP contribution in [0.1, 0.15) is 24.0 Å². The van der Waals surface area contributed by atoms with Gasteiger partial charge in [0.2, 0.25) is 0 Å². The Morgan fingerprint density at radius 3 is 1.75 bits per heavy atom. The van der Waals surface area contributed by atoms with Crippen LogP contribution >= 0.6 is 22.6 Å². The van der Waals surface area contributed by atoms with Crippen LogP contribution in [-0.2, 0) is 4.79 Å². The average molecular weight is 429 g/mol. The van der Waals surface area contributed by atoms with E-state index in [-0.39, 0.29) is 5.78 Å². The molecule has 24 heavy (non-hydrogen) atoms. The summed E-state index contributed by atoms with van der Waals surface area (Å²) in [6.45, 7) is 0. The summed E-state index contributed by atoms with van der Waals surface area (Å²) in [5.74, 6) is 0.185. The third-order valence-electron chi connectivity index (χ3n) is 4.21. The molecule has 3 rings (SSSR count). The number of Topliss-reactive ketones (excluding diaryl/α,β-unsaturated/α-hetero) is 1. The van der Waals surface area contributed by atoms with Gasteiger partial charge in [0, 0.05) is 34.5 Å². The molecular formula is C21H20INO. The van der Waals surface area contributed by atoms with Crippen molar-refractivity contribution >= 4 is 46.2 Å². The van der Waals surface area contributed by atoms with E-state index in [0.717, 1.165) is 40.8 Å². The van der Waals surface area contributed by atoms with Crippen molar-refractivity contribution in [2.75, 3.05) is 19.0 Å². The van der Waals surface area contributed by atoms with Gasteiger partial charge in [-0.2, -0.15) is 0 Å². The maximum absolute atomic E-state index is 12.6. The second-order valence-corrected chi connectivity index (χ2v) is 7.45. The van der Waals surface area contributed by atoms with Crippen LogP contribution in [0, 0.1) is 3.57 Å². The van der Waals surface area contributed by atoms with Crippen molar-refractivity contribution in [2.45, 2.75) is 12.8 Å². The van der Waals surface area contributed by atoms with Gasteiger partial charge in [-0.1, -0.05) is 24.3 Å². The number of nitrogens with zero attached hydrogens (tertiary/aromatic N) is 1. The van der Waals surface area contributed by atoms with Gasteiger partial charge < -0.3 is 4.90 Å². The van der Waals surface area contributed by atoms with Crippen molar-refractivity contribution < 1.29 is 4.79 Å². The van der Waals surface area contributed by atoms with Crippen LogP contribution in [0.25, 0.3) is 12.2 Å². The van der Waals surface area contributed by atoms with Crippen LogP contribution in [0.5, 0.6) is 0 Å². The number of benzene rings is 2. The van der Waals surface area contributed by atoms with Gasteiger partial charge in [0.1, 0.15) is 0 Å². The van der Waals surface area contributed by atoms with Gasteiger partial charge in [-0.05, 0) is 83.0 Å². The third-order valence-corrected chi connectivity index (χ3v) is 4.93. The number of anilines is 1. The molecule has 122 valence electrons. The number of carbonyl (C=O) groups excluding carboxylic acids is 1. The summed E-state index contributed by atoms with van der Waals surface area (Å²) in [6.07, 6.45) is 5.70. The topological polar surface area (TPSA) is 20.3 Å². The molecule has 0 unspecified atom stereocenters. The molecule has 0 atom stereocenters. The fraction of sp³-hybridized carbons (Fsp3) is 0.190. The average Bonchev–Trinajstić information content (AvgIpc) is 2.91. The first-order valence-electron chi connectivity index (χ1n) is 8.02. The standard InChI is InChI=1S/C21H20INO/c1-23(2)20-11-5-16(6-12-20)14-18-8-7-17(21(18)24)13-15-3-9-19(22)10-4-15/h3-6,9-14H,7-8H2,1-2H3. The van der Waals surface area contributed by atoms with Crippen molar-refractivity contribution in [3.8, 4) is 0 Å². The van der Waals surface area contributed by atoms with Crippen LogP contribution in [0.2, 0.25) is 0 Å². The number of carbonyl (C=O) groups is 1. The zero-order valence-corrected chi connectivity index (χ0v) is 16.1. The Kier molecular flexibility index (Phi) is 5.19. The van der Waals surface area contributed by atoms with E-state index in [0.29, 0.717) is 0 Å². The van der Waals surface area contributed by atoms with Gasteiger partial charge >= 0.3 is 0 Å². The van der Waals surface area contributed by atoms with E-state index in [9.17, 15) is 4.79 Å². The molecule has 1 aliphatic carbocycles. The molecule has 0 aliphatic heterocycles. The van der Waals surface area contributed by atoms with Crippen molar-refractivity contribution in [1.29, 1.82) is 0 Å². The van der Waals surface area contributed by atoms with E-state index in [1.54, 1.807) is 0 Å². The van der Waals surface area contributed by atoms with E-state index >= 15 is 0 Å². The van der Waals surface area contributed by atoms with Crippen molar-refractivity contribution in [2.24, 2.45) is 0 Å². The van der Waals surface area contributed by atoms with Crippen molar-refractivity contribution in [3.05, 3.63) is 74.4 Å². The summed E-state index contributed by atoms with van der Waals surface area (Å²) in [5, 5.41) is 0. The Morgan fingerprint density at radius 2 is 1.29 bits per heavy atom. The minimum absolute atomic E-state index is 0.185. The van der Waals surface area contributed by atoms with Crippen LogP contribution in [-0.4, -0.2) is 19.9 Å². The Bertz CT molecular complexity index is 799. The maximum atomic E-state index is 12.6. The summed E-state index contributed by atoms with van der Waals surface area (Å²) in [6, 6.07) is 16.5. The molecule has 3 heteroatoms. The van der Waals surface area contributed by atoms with Gasteiger partial charge in [-0.3, -0.25) is 4.79 Å². The molecule has 1 fully saturated rings. The second kappa shape index (κ2) is 7.34. The van der Waals surface area contributed by atoms with E-state index in [4.69, 9.17) is 0 Å². The van der Waals surface area contributed by atoms with Crippen molar-refractivity contribution in [1.82, 2.24) is 0 Å². The summed E-state index contributed by atoms with van der Waals surface area (Å²) >= 11 is 2.29. The van der Waals surface area contributed by atoms with Crippen LogP contribution < -0.4 is 4.90 Å². The lowest BCUT2D eigenvalue weighted by Crippen LogP contribution is -2.07. The van der Waals surface area contributed by atoms with E-state index < -0.39 is 0 Å². The van der Waals surface area contributed by atoms with E-state index in [1.165, 1.54) is 3.57 Å².